The van der Waals surface area contributed by atoms with Gasteiger partial charge in [-0.05, 0) is 42.8 Å². The molecule has 2 aromatic carbocycles. The molecule has 2 aliphatic heterocycles. The van der Waals surface area contributed by atoms with E-state index in [1.807, 2.05) is 47.4 Å². The standard InChI is InChI=1S/C24H29FN4O2.C2H2O4/c25-21-7-9-22(10-8-21)28-15-13-26(14-16-28)11-4-12-29-23(30)18-27(19-24(29)31)17-20-5-2-1-3-6-20;3-1(4)2(5)6/h1-3,5-10H,4,11-19H2;(H,3,4)(H,5,6). The fourth-order valence-electron chi connectivity index (χ4n) is 4.29. The number of aliphatic carboxylic acids is 2. The van der Waals surface area contributed by atoms with Gasteiger partial charge in [0.15, 0.2) is 0 Å². The van der Waals surface area contributed by atoms with Gasteiger partial charge in [0.05, 0.1) is 13.1 Å². The van der Waals surface area contributed by atoms with Gasteiger partial charge >= 0.3 is 11.9 Å². The highest BCUT2D eigenvalue weighted by Crippen LogP contribution is 2.17. The summed E-state index contributed by atoms with van der Waals surface area (Å²) < 4.78 is 13.1. The van der Waals surface area contributed by atoms with Gasteiger partial charge in [-0.15, -0.1) is 0 Å². The van der Waals surface area contributed by atoms with Crippen molar-refractivity contribution < 1.29 is 33.8 Å². The van der Waals surface area contributed by atoms with Crippen molar-refractivity contribution in [3.05, 3.63) is 66.0 Å². The fourth-order valence-corrected chi connectivity index (χ4v) is 4.29. The van der Waals surface area contributed by atoms with E-state index in [-0.39, 0.29) is 30.7 Å². The number of nitrogens with zero attached hydrogens (tertiary/aromatic N) is 4. The maximum atomic E-state index is 13.1. The minimum absolute atomic E-state index is 0.103. The minimum Gasteiger partial charge on any atom is -0.473 e. The SMILES string of the molecule is O=C(O)C(=O)O.O=C1CN(Cc2ccccc2)CC(=O)N1CCCN1CCN(c2ccc(F)cc2)CC1. The number of carboxylic acid groups (broad SMARTS) is 2. The molecule has 2 fully saturated rings. The molecule has 2 saturated heterocycles. The van der Waals surface area contributed by atoms with Gasteiger partial charge in [0.25, 0.3) is 0 Å². The van der Waals surface area contributed by atoms with E-state index >= 15 is 0 Å². The topological polar surface area (TPSA) is 122 Å². The van der Waals surface area contributed by atoms with Crippen LogP contribution < -0.4 is 4.90 Å². The molecule has 0 spiro atoms. The lowest BCUT2D eigenvalue weighted by Crippen LogP contribution is -2.54. The van der Waals surface area contributed by atoms with E-state index in [1.54, 1.807) is 0 Å². The summed E-state index contributed by atoms with van der Waals surface area (Å²) in [6.07, 6.45) is 0.784. The van der Waals surface area contributed by atoms with Crippen LogP contribution in [0.3, 0.4) is 0 Å². The zero-order valence-corrected chi connectivity index (χ0v) is 20.5. The van der Waals surface area contributed by atoms with E-state index in [4.69, 9.17) is 19.8 Å². The maximum Gasteiger partial charge on any atom is 0.414 e. The van der Waals surface area contributed by atoms with Gasteiger partial charge in [-0.25, -0.2) is 14.0 Å². The second kappa shape index (κ2) is 13.5. The molecule has 198 valence electrons. The highest BCUT2D eigenvalue weighted by Gasteiger charge is 2.30. The number of piperazine rings is 2. The van der Waals surface area contributed by atoms with Crippen LogP contribution in [-0.2, 0) is 25.7 Å². The molecule has 37 heavy (non-hydrogen) atoms. The van der Waals surface area contributed by atoms with Crippen molar-refractivity contribution >= 4 is 29.4 Å². The summed E-state index contributed by atoms with van der Waals surface area (Å²) >= 11 is 0. The van der Waals surface area contributed by atoms with Crippen molar-refractivity contribution in [3.8, 4) is 0 Å². The molecule has 0 unspecified atom stereocenters. The van der Waals surface area contributed by atoms with Gasteiger partial charge in [-0.2, -0.15) is 0 Å². The molecule has 4 rings (SSSR count). The van der Waals surface area contributed by atoms with Crippen LogP contribution in [0, 0.1) is 5.82 Å². The Morgan fingerprint density at radius 1 is 0.757 bits per heavy atom. The van der Waals surface area contributed by atoms with E-state index in [9.17, 15) is 14.0 Å². The number of benzene rings is 2. The quantitative estimate of drug-likeness (QED) is 0.417. The molecule has 0 aromatic heterocycles. The Labute approximate surface area is 214 Å². The van der Waals surface area contributed by atoms with Crippen LogP contribution in [0.25, 0.3) is 0 Å². The van der Waals surface area contributed by atoms with Gasteiger partial charge in [0, 0.05) is 45.0 Å². The Morgan fingerprint density at radius 3 is 1.86 bits per heavy atom. The fraction of sp³-hybridized carbons (Fsp3) is 0.385. The number of hydrogen-bond acceptors (Lipinski definition) is 7. The molecule has 2 amide bonds. The second-order valence-electron chi connectivity index (χ2n) is 8.84. The van der Waals surface area contributed by atoms with Gasteiger partial charge in [0.2, 0.25) is 11.8 Å². The first-order chi connectivity index (χ1) is 17.7. The van der Waals surface area contributed by atoms with E-state index in [2.05, 4.69) is 9.80 Å². The molecule has 0 saturated carbocycles. The Hall–Kier alpha value is -3.83. The Bertz CT molecular complexity index is 1040. The van der Waals surface area contributed by atoms with Crippen LogP contribution in [0.5, 0.6) is 0 Å². The third kappa shape index (κ3) is 8.65. The van der Waals surface area contributed by atoms with Crippen LogP contribution in [0.2, 0.25) is 0 Å². The number of halogens is 1. The van der Waals surface area contributed by atoms with E-state index < -0.39 is 11.9 Å². The molecule has 2 heterocycles. The lowest BCUT2D eigenvalue weighted by atomic mass is 10.2. The van der Waals surface area contributed by atoms with E-state index in [1.165, 1.54) is 17.0 Å². The van der Waals surface area contributed by atoms with Crippen LogP contribution >= 0.6 is 0 Å². The van der Waals surface area contributed by atoms with Gasteiger partial charge < -0.3 is 15.1 Å². The smallest absolute Gasteiger partial charge is 0.414 e. The van der Waals surface area contributed by atoms with Crippen molar-refractivity contribution in [3.63, 3.8) is 0 Å². The highest BCUT2D eigenvalue weighted by molar-refractivity contribution is 6.27. The first-order valence-corrected chi connectivity index (χ1v) is 12.0. The number of rotatable bonds is 7. The minimum atomic E-state index is -1.82. The lowest BCUT2D eigenvalue weighted by molar-refractivity contribution is -0.159. The number of imide groups is 1. The Morgan fingerprint density at radius 2 is 1.32 bits per heavy atom. The van der Waals surface area contributed by atoms with Crippen LogP contribution in [0.1, 0.15) is 12.0 Å². The summed E-state index contributed by atoms with van der Waals surface area (Å²) in [6.45, 7) is 6.16. The highest BCUT2D eigenvalue weighted by atomic mass is 19.1. The molecule has 2 N–H and O–H groups in total. The first kappa shape index (κ1) is 27.8. The molecule has 11 heteroatoms. The number of hydrogen-bond donors (Lipinski definition) is 2. The lowest BCUT2D eigenvalue weighted by Gasteiger charge is -2.37. The molecule has 2 aromatic rings. The van der Waals surface area contributed by atoms with E-state index in [0.29, 0.717) is 13.1 Å². The third-order valence-electron chi connectivity index (χ3n) is 6.17. The first-order valence-electron chi connectivity index (χ1n) is 12.0. The maximum absolute atomic E-state index is 13.1. The number of carboxylic acids is 2. The Balaban J connectivity index is 0.000000568. The summed E-state index contributed by atoms with van der Waals surface area (Å²) in [7, 11) is 0. The Kier molecular flexibility index (Phi) is 10.1. The summed E-state index contributed by atoms with van der Waals surface area (Å²) in [5.41, 5.74) is 2.15. The predicted molar refractivity (Wildman–Crippen MR) is 133 cm³/mol. The number of carbonyl (C=O) groups excluding carboxylic acids is 2. The van der Waals surface area contributed by atoms with Gasteiger partial charge in [0.1, 0.15) is 5.82 Å². The van der Waals surface area contributed by atoms with Crippen molar-refractivity contribution in [1.29, 1.82) is 0 Å². The van der Waals surface area contributed by atoms with E-state index in [0.717, 1.165) is 50.4 Å². The van der Waals surface area contributed by atoms with Crippen LogP contribution in [-0.4, -0.2) is 101 Å². The molecule has 0 radical (unpaired) electrons. The summed E-state index contributed by atoms with van der Waals surface area (Å²) in [5, 5.41) is 14.8. The van der Waals surface area contributed by atoms with Crippen molar-refractivity contribution in [1.82, 2.24) is 14.7 Å². The second-order valence-corrected chi connectivity index (χ2v) is 8.84. The predicted octanol–water partition coefficient (Wildman–Crippen LogP) is 1.36. The van der Waals surface area contributed by atoms with Crippen molar-refractivity contribution in [2.24, 2.45) is 0 Å². The normalized spacial score (nSPS) is 16.8. The average Bonchev–Trinajstić information content (AvgIpc) is 2.87. The van der Waals surface area contributed by atoms with Crippen LogP contribution in [0.4, 0.5) is 10.1 Å². The largest absolute Gasteiger partial charge is 0.473 e. The average molecular weight is 515 g/mol. The number of anilines is 1. The van der Waals surface area contributed by atoms with Gasteiger partial charge in [-0.3, -0.25) is 24.3 Å². The summed E-state index contributed by atoms with van der Waals surface area (Å²) in [5.74, 6) is -4.07. The van der Waals surface area contributed by atoms with Crippen molar-refractivity contribution in [2.75, 3.05) is 57.3 Å². The monoisotopic (exact) mass is 514 g/mol. The molecule has 0 atom stereocenters. The molecule has 2 aliphatic rings. The van der Waals surface area contributed by atoms with Crippen molar-refractivity contribution in [2.45, 2.75) is 13.0 Å². The zero-order valence-electron chi connectivity index (χ0n) is 20.5. The number of carbonyl (C=O) groups is 4. The molecular weight excluding hydrogens is 483 g/mol. The van der Waals surface area contributed by atoms with Crippen LogP contribution in [0.15, 0.2) is 54.6 Å². The summed E-state index contributed by atoms with van der Waals surface area (Å²) in [6, 6.07) is 16.5. The van der Waals surface area contributed by atoms with Gasteiger partial charge in [-0.1, -0.05) is 30.3 Å². The third-order valence-corrected chi connectivity index (χ3v) is 6.17. The molecule has 10 nitrogen and oxygen atoms in total. The zero-order chi connectivity index (χ0) is 26.8. The number of amides is 2. The molecule has 0 bridgehead atoms. The molecule has 0 aliphatic carbocycles. The summed E-state index contributed by atoms with van der Waals surface area (Å²) in [4.78, 5) is 51.2. The molecular formula is C26H31FN4O6.